The van der Waals surface area contributed by atoms with E-state index in [2.05, 4.69) is 15.9 Å². The third-order valence-electron chi connectivity index (χ3n) is 4.14. The second kappa shape index (κ2) is 4.74. The van der Waals surface area contributed by atoms with Gasteiger partial charge in [-0.15, -0.1) is 11.6 Å². The van der Waals surface area contributed by atoms with Crippen LogP contribution in [0.4, 0.5) is 11.4 Å². The number of hydrogen-bond acceptors (Lipinski definition) is 3. The number of rotatable bonds is 2. The molecule has 0 radical (unpaired) electrons. The van der Waals surface area contributed by atoms with Gasteiger partial charge in [-0.3, -0.25) is 0 Å². The molecule has 3 rings (SSSR count). The molecule has 0 spiro atoms. The number of phenolic OH excluding ortho intramolecular Hbond substituents is 1. The first-order valence-electron chi connectivity index (χ1n) is 6.77. The van der Waals surface area contributed by atoms with Gasteiger partial charge < -0.3 is 14.9 Å². The molecule has 0 amide bonds. The Morgan fingerprint density at radius 1 is 1.30 bits per heavy atom. The molecule has 1 heterocycles. The molecule has 3 nitrogen and oxygen atoms in total. The second-order valence-corrected chi connectivity index (χ2v) is 5.99. The maximum absolute atomic E-state index is 10.3. The van der Waals surface area contributed by atoms with Crippen LogP contribution in [-0.4, -0.2) is 38.7 Å². The predicted octanol–water partition coefficient (Wildman–Crippen LogP) is 3.38. The minimum atomic E-state index is 0.317. The first-order chi connectivity index (χ1) is 9.52. The van der Waals surface area contributed by atoms with Gasteiger partial charge in [0.05, 0.1) is 0 Å². The number of halogens is 1. The van der Waals surface area contributed by atoms with E-state index < -0.39 is 0 Å². The molecule has 106 valence electrons. The lowest BCUT2D eigenvalue weighted by Crippen LogP contribution is -2.15. The molecule has 2 aromatic carbocycles. The highest BCUT2D eigenvalue weighted by Crippen LogP contribution is 2.45. The van der Waals surface area contributed by atoms with Crippen molar-refractivity contribution >= 4 is 33.7 Å². The minimum absolute atomic E-state index is 0.317. The van der Waals surface area contributed by atoms with Gasteiger partial charge in [-0.2, -0.15) is 0 Å². The van der Waals surface area contributed by atoms with Crippen LogP contribution in [0.15, 0.2) is 24.3 Å². The number of likely N-dealkylation sites (N-methyl/N-ethyl adjacent to an activating group) is 1. The number of fused-ring (bicyclic) bond motifs is 3. The molecule has 1 N–H and O–H groups in total. The van der Waals surface area contributed by atoms with Gasteiger partial charge in [0.2, 0.25) is 0 Å². The first kappa shape index (κ1) is 13.4. The number of alkyl halides is 1. The Morgan fingerprint density at radius 2 is 2.05 bits per heavy atom. The number of nitrogens with zero attached hydrogens (tertiary/aromatic N) is 2. The van der Waals surface area contributed by atoms with Gasteiger partial charge in [-0.1, -0.05) is 0 Å². The third-order valence-corrected chi connectivity index (χ3v) is 4.51. The zero-order chi connectivity index (χ0) is 14.4. The van der Waals surface area contributed by atoms with Crippen LogP contribution in [-0.2, 0) is 0 Å². The van der Waals surface area contributed by atoms with Crippen LogP contribution in [0.25, 0.3) is 10.8 Å². The van der Waals surface area contributed by atoms with E-state index in [0.717, 1.165) is 28.7 Å². The molecule has 0 aromatic heterocycles. The molecular formula is C16H19ClN2O. The average Bonchev–Trinajstić information content (AvgIpc) is 2.75. The molecular weight excluding hydrogens is 272 g/mol. The van der Waals surface area contributed by atoms with Crippen molar-refractivity contribution < 1.29 is 5.11 Å². The standard InChI is InChI=1S/C16H19ClN2O/c1-18(2)11-4-5-12-13(6-11)16-10(8-17)9-19(3)14(16)7-15(12)20/h4-7,10,20H,8-9H2,1-3H3. The topological polar surface area (TPSA) is 26.7 Å². The van der Waals surface area contributed by atoms with Gasteiger partial charge >= 0.3 is 0 Å². The lowest BCUT2D eigenvalue weighted by atomic mass is 9.95. The molecule has 4 heteroatoms. The summed E-state index contributed by atoms with van der Waals surface area (Å²) in [4.78, 5) is 4.24. The Morgan fingerprint density at radius 3 is 2.70 bits per heavy atom. The van der Waals surface area contributed by atoms with Crippen LogP contribution >= 0.6 is 11.6 Å². The van der Waals surface area contributed by atoms with Gasteiger partial charge in [0, 0.05) is 62.3 Å². The van der Waals surface area contributed by atoms with E-state index >= 15 is 0 Å². The Hall–Kier alpha value is -1.61. The maximum atomic E-state index is 10.3. The highest BCUT2D eigenvalue weighted by atomic mass is 35.5. The van der Waals surface area contributed by atoms with Crippen LogP contribution in [0.3, 0.4) is 0 Å². The summed E-state index contributed by atoms with van der Waals surface area (Å²) >= 11 is 6.14. The van der Waals surface area contributed by atoms with Crippen LogP contribution in [0.5, 0.6) is 5.75 Å². The number of anilines is 2. The van der Waals surface area contributed by atoms with Gasteiger partial charge in [-0.05, 0) is 29.1 Å². The molecule has 0 saturated carbocycles. The van der Waals surface area contributed by atoms with Crippen molar-refractivity contribution in [3.63, 3.8) is 0 Å². The largest absolute Gasteiger partial charge is 0.507 e. The number of benzene rings is 2. The van der Waals surface area contributed by atoms with Crippen molar-refractivity contribution in [3.05, 3.63) is 29.8 Å². The Kier molecular flexibility index (Phi) is 3.17. The van der Waals surface area contributed by atoms with Crippen molar-refractivity contribution in [2.24, 2.45) is 0 Å². The summed E-state index contributed by atoms with van der Waals surface area (Å²) in [6, 6.07) is 8.03. The lowest BCUT2D eigenvalue weighted by molar-refractivity contribution is 0.481. The number of hydrogen-bond donors (Lipinski definition) is 1. The summed E-state index contributed by atoms with van der Waals surface area (Å²) < 4.78 is 0. The van der Waals surface area contributed by atoms with E-state index in [4.69, 9.17) is 11.6 Å². The Balaban J connectivity index is 2.34. The SMILES string of the molecule is CN(C)c1ccc2c(O)cc3c(c2c1)C(CCl)CN3C. The van der Waals surface area contributed by atoms with E-state index in [-0.39, 0.29) is 0 Å². The molecule has 0 bridgehead atoms. The summed E-state index contributed by atoms with van der Waals surface area (Å²) in [6.45, 7) is 0.906. The second-order valence-electron chi connectivity index (χ2n) is 5.68. The van der Waals surface area contributed by atoms with E-state index in [1.807, 2.05) is 39.3 Å². The molecule has 1 atom stereocenters. The van der Waals surface area contributed by atoms with Gasteiger partial charge in [-0.25, -0.2) is 0 Å². The van der Waals surface area contributed by atoms with Crippen LogP contribution in [0.2, 0.25) is 0 Å². The summed E-state index contributed by atoms with van der Waals surface area (Å²) in [7, 11) is 6.09. The van der Waals surface area contributed by atoms with Crippen molar-refractivity contribution in [2.45, 2.75) is 5.92 Å². The predicted molar refractivity (Wildman–Crippen MR) is 86.7 cm³/mol. The van der Waals surface area contributed by atoms with E-state index in [9.17, 15) is 5.11 Å². The van der Waals surface area contributed by atoms with Gasteiger partial charge in [0.15, 0.2) is 0 Å². The zero-order valence-corrected chi connectivity index (χ0v) is 12.8. The summed E-state index contributed by atoms with van der Waals surface area (Å²) in [5.41, 5.74) is 3.49. The molecule has 2 aromatic rings. The van der Waals surface area contributed by atoms with Gasteiger partial charge in [0.25, 0.3) is 0 Å². The fourth-order valence-electron chi connectivity index (χ4n) is 3.07. The highest BCUT2D eigenvalue weighted by Gasteiger charge is 2.29. The van der Waals surface area contributed by atoms with E-state index in [1.54, 1.807) is 0 Å². The quantitative estimate of drug-likeness (QED) is 0.859. The summed E-state index contributed by atoms with van der Waals surface area (Å²) in [5, 5.41) is 12.3. The van der Waals surface area contributed by atoms with E-state index in [0.29, 0.717) is 17.5 Å². The van der Waals surface area contributed by atoms with Crippen LogP contribution in [0, 0.1) is 0 Å². The third kappa shape index (κ3) is 1.88. The van der Waals surface area contributed by atoms with Crippen molar-refractivity contribution in [2.75, 3.05) is 43.4 Å². The summed E-state index contributed by atoms with van der Waals surface area (Å²) in [6.07, 6.45) is 0. The number of phenols is 1. The summed E-state index contributed by atoms with van der Waals surface area (Å²) in [5.74, 6) is 1.26. The molecule has 0 fully saturated rings. The monoisotopic (exact) mass is 290 g/mol. The average molecular weight is 291 g/mol. The molecule has 20 heavy (non-hydrogen) atoms. The Bertz CT molecular complexity index is 669. The molecule has 1 aliphatic rings. The lowest BCUT2D eigenvalue weighted by Gasteiger charge is -2.17. The fraction of sp³-hybridized carbons (Fsp3) is 0.375. The minimum Gasteiger partial charge on any atom is -0.507 e. The van der Waals surface area contributed by atoms with Gasteiger partial charge in [0.1, 0.15) is 5.75 Å². The smallest absolute Gasteiger partial charge is 0.125 e. The molecule has 1 aliphatic heterocycles. The molecule has 1 unspecified atom stereocenters. The van der Waals surface area contributed by atoms with Crippen molar-refractivity contribution in [3.8, 4) is 5.75 Å². The molecule has 0 saturated heterocycles. The zero-order valence-electron chi connectivity index (χ0n) is 12.0. The fourth-order valence-corrected chi connectivity index (χ4v) is 3.32. The molecule has 0 aliphatic carbocycles. The van der Waals surface area contributed by atoms with Crippen LogP contribution in [0.1, 0.15) is 11.5 Å². The maximum Gasteiger partial charge on any atom is 0.125 e. The Labute approximate surface area is 124 Å². The highest BCUT2D eigenvalue weighted by molar-refractivity contribution is 6.18. The van der Waals surface area contributed by atoms with Crippen LogP contribution < -0.4 is 9.80 Å². The normalized spacial score (nSPS) is 17.6. The van der Waals surface area contributed by atoms with E-state index in [1.165, 1.54) is 5.56 Å². The van der Waals surface area contributed by atoms with Crippen molar-refractivity contribution in [1.29, 1.82) is 0 Å². The first-order valence-corrected chi connectivity index (χ1v) is 7.30. The number of aromatic hydroxyl groups is 1. The van der Waals surface area contributed by atoms with Crippen molar-refractivity contribution in [1.82, 2.24) is 0 Å².